The summed E-state index contributed by atoms with van der Waals surface area (Å²) < 4.78 is 4.81. The predicted octanol–water partition coefficient (Wildman–Crippen LogP) is -0.0124. The van der Waals surface area contributed by atoms with E-state index in [0.29, 0.717) is 19.4 Å². The molecule has 5 nitrogen and oxygen atoms in total. The molecule has 1 saturated carbocycles. The molecule has 0 aliphatic heterocycles. The molecule has 3 N–H and O–H groups in total. The molecule has 1 rings (SSSR count). The zero-order chi connectivity index (χ0) is 10.7. The van der Waals surface area contributed by atoms with E-state index in [9.17, 15) is 9.59 Å². The molecule has 3 unspecified atom stereocenters. The molecular weight excluding hydrogens is 186 g/mol. The first kappa shape index (κ1) is 11.0. The first-order valence-electron chi connectivity index (χ1n) is 4.71. The van der Waals surface area contributed by atoms with Gasteiger partial charge >= 0.3 is 11.9 Å². The van der Waals surface area contributed by atoms with Crippen molar-refractivity contribution >= 4 is 11.9 Å². The first-order valence-corrected chi connectivity index (χ1v) is 4.71. The summed E-state index contributed by atoms with van der Waals surface area (Å²) in [5.74, 6) is -1.27. The van der Waals surface area contributed by atoms with Crippen molar-refractivity contribution in [3.63, 3.8) is 0 Å². The van der Waals surface area contributed by atoms with Gasteiger partial charge in [-0.15, -0.1) is 0 Å². The van der Waals surface area contributed by atoms with Crippen LogP contribution in [0.25, 0.3) is 0 Å². The van der Waals surface area contributed by atoms with Crippen molar-refractivity contribution in [3.8, 4) is 0 Å². The van der Waals surface area contributed by atoms with Crippen LogP contribution in [0.1, 0.15) is 19.8 Å². The summed E-state index contributed by atoms with van der Waals surface area (Å²) >= 11 is 0. The Morgan fingerprint density at radius 2 is 2.29 bits per heavy atom. The number of ether oxygens (including phenoxy) is 1. The number of carboxylic acids is 1. The van der Waals surface area contributed by atoms with Crippen LogP contribution >= 0.6 is 0 Å². The van der Waals surface area contributed by atoms with Gasteiger partial charge < -0.3 is 15.6 Å². The largest absolute Gasteiger partial charge is 0.480 e. The van der Waals surface area contributed by atoms with Crippen molar-refractivity contribution < 1.29 is 19.4 Å². The van der Waals surface area contributed by atoms with E-state index in [4.69, 9.17) is 15.6 Å². The summed E-state index contributed by atoms with van der Waals surface area (Å²) in [5.41, 5.74) is 5.34. The first-order chi connectivity index (χ1) is 6.56. The molecule has 1 aliphatic rings. The molecule has 1 aliphatic carbocycles. The third kappa shape index (κ3) is 2.70. The maximum absolute atomic E-state index is 11.2. The average molecular weight is 201 g/mol. The zero-order valence-corrected chi connectivity index (χ0v) is 8.10. The second kappa shape index (κ2) is 4.41. The summed E-state index contributed by atoms with van der Waals surface area (Å²) in [7, 11) is 0. The van der Waals surface area contributed by atoms with Crippen molar-refractivity contribution in [2.24, 2.45) is 17.6 Å². The quantitative estimate of drug-likeness (QED) is 0.610. The van der Waals surface area contributed by atoms with Crippen LogP contribution in [0, 0.1) is 11.8 Å². The van der Waals surface area contributed by atoms with Gasteiger partial charge in [0.2, 0.25) is 0 Å². The molecule has 0 spiro atoms. The third-order valence-electron chi connectivity index (χ3n) is 2.39. The predicted molar refractivity (Wildman–Crippen MR) is 48.5 cm³/mol. The van der Waals surface area contributed by atoms with E-state index in [1.54, 1.807) is 6.92 Å². The summed E-state index contributed by atoms with van der Waals surface area (Å²) in [4.78, 5) is 21.6. The van der Waals surface area contributed by atoms with Gasteiger partial charge in [0, 0.05) is 0 Å². The van der Waals surface area contributed by atoms with Gasteiger partial charge in [-0.3, -0.25) is 9.59 Å². The number of carbonyl (C=O) groups excluding carboxylic acids is 1. The van der Waals surface area contributed by atoms with Crippen molar-refractivity contribution in [2.75, 3.05) is 6.61 Å². The normalized spacial score (nSPS) is 26.7. The minimum atomic E-state index is -1.01. The topological polar surface area (TPSA) is 89.6 Å². The minimum Gasteiger partial charge on any atom is -0.480 e. The van der Waals surface area contributed by atoms with E-state index < -0.39 is 12.0 Å². The molecule has 0 aromatic heterocycles. The second-order valence-electron chi connectivity index (χ2n) is 3.53. The fourth-order valence-corrected chi connectivity index (χ4v) is 1.47. The van der Waals surface area contributed by atoms with Crippen molar-refractivity contribution in [1.82, 2.24) is 0 Å². The van der Waals surface area contributed by atoms with Crippen molar-refractivity contribution in [2.45, 2.75) is 25.8 Å². The molecule has 0 amide bonds. The maximum Gasteiger partial charge on any atom is 0.320 e. The molecule has 80 valence electrons. The van der Waals surface area contributed by atoms with Crippen LogP contribution in [-0.2, 0) is 14.3 Å². The van der Waals surface area contributed by atoms with Crippen LogP contribution in [0.2, 0.25) is 0 Å². The number of nitrogens with two attached hydrogens (primary N) is 1. The number of hydrogen-bond donors (Lipinski definition) is 2. The Bertz CT molecular complexity index is 241. The third-order valence-corrected chi connectivity index (χ3v) is 2.39. The van der Waals surface area contributed by atoms with Crippen LogP contribution < -0.4 is 5.73 Å². The highest BCUT2D eigenvalue weighted by Gasteiger charge is 2.45. The fraction of sp³-hybridized carbons (Fsp3) is 0.778. The number of rotatable bonds is 5. The summed E-state index contributed by atoms with van der Waals surface area (Å²) in [6.45, 7) is 2.12. The van der Waals surface area contributed by atoms with Gasteiger partial charge in [0.1, 0.15) is 6.04 Å². The van der Waals surface area contributed by atoms with Gasteiger partial charge in [0.05, 0.1) is 12.5 Å². The van der Waals surface area contributed by atoms with Crippen molar-refractivity contribution in [3.05, 3.63) is 0 Å². The van der Waals surface area contributed by atoms with E-state index in [0.717, 1.165) is 0 Å². The van der Waals surface area contributed by atoms with Crippen LogP contribution in [0.5, 0.6) is 0 Å². The van der Waals surface area contributed by atoms with E-state index in [1.165, 1.54) is 0 Å². The van der Waals surface area contributed by atoms with Crippen LogP contribution in [0.3, 0.4) is 0 Å². The number of aliphatic carboxylic acids is 1. The number of carboxylic acid groups (broad SMARTS) is 1. The molecule has 0 radical (unpaired) electrons. The highest BCUT2D eigenvalue weighted by Crippen LogP contribution is 2.42. The van der Waals surface area contributed by atoms with Gasteiger partial charge in [0.25, 0.3) is 0 Å². The van der Waals surface area contributed by atoms with Crippen LogP contribution in [0.4, 0.5) is 0 Å². The van der Waals surface area contributed by atoms with E-state index in [-0.39, 0.29) is 17.8 Å². The Morgan fingerprint density at radius 3 is 2.79 bits per heavy atom. The Balaban J connectivity index is 2.26. The highest BCUT2D eigenvalue weighted by molar-refractivity contribution is 5.77. The van der Waals surface area contributed by atoms with E-state index >= 15 is 0 Å². The maximum atomic E-state index is 11.2. The molecule has 14 heavy (non-hydrogen) atoms. The fourth-order valence-electron chi connectivity index (χ4n) is 1.47. The number of carbonyl (C=O) groups is 2. The zero-order valence-electron chi connectivity index (χ0n) is 8.10. The number of esters is 1. The Labute approximate surface area is 82.2 Å². The van der Waals surface area contributed by atoms with Crippen molar-refractivity contribution in [1.29, 1.82) is 0 Å². The van der Waals surface area contributed by atoms with Gasteiger partial charge in [-0.1, -0.05) is 0 Å². The smallest absolute Gasteiger partial charge is 0.320 e. The highest BCUT2D eigenvalue weighted by atomic mass is 16.5. The summed E-state index contributed by atoms with van der Waals surface area (Å²) in [5, 5.41) is 8.55. The van der Waals surface area contributed by atoms with Gasteiger partial charge in [0.15, 0.2) is 0 Å². The van der Waals surface area contributed by atoms with Gasteiger partial charge in [-0.2, -0.15) is 0 Å². The minimum absolute atomic E-state index is 0.0974. The molecule has 1 fully saturated rings. The lowest BCUT2D eigenvalue weighted by Gasteiger charge is -2.04. The molecule has 0 aromatic carbocycles. The SMILES string of the molecule is CCOC(=O)C1CC1CC(N)C(=O)O. The molecule has 0 aromatic rings. The van der Waals surface area contributed by atoms with E-state index in [2.05, 4.69) is 0 Å². The molecular formula is C9H15NO4. The Morgan fingerprint density at radius 1 is 1.64 bits per heavy atom. The average Bonchev–Trinajstić information content (AvgIpc) is 2.84. The van der Waals surface area contributed by atoms with Crippen LogP contribution in [0.15, 0.2) is 0 Å². The summed E-state index contributed by atoms with van der Waals surface area (Å²) in [6.07, 6.45) is 1.07. The van der Waals surface area contributed by atoms with E-state index in [1.807, 2.05) is 0 Å². The summed E-state index contributed by atoms with van der Waals surface area (Å²) in [6, 6.07) is -0.862. The Hall–Kier alpha value is -1.10. The van der Waals surface area contributed by atoms with Gasteiger partial charge in [-0.05, 0) is 25.7 Å². The monoisotopic (exact) mass is 201 g/mol. The molecule has 3 atom stereocenters. The van der Waals surface area contributed by atoms with Gasteiger partial charge in [-0.25, -0.2) is 0 Å². The Kier molecular flexibility index (Phi) is 3.46. The lowest BCUT2D eigenvalue weighted by molar-refractivity contribution is -0.145. The molecule has 0 bridgehead atoms. The van der Waals surface area contributed by atoms with Crippen LogP contribution in [-0.4, -0.2) is 29.7 Å². The lowest BCUT2D eigenvalue weighted by Crippen LogP contribution is -2.30. The number of hydrogen-bond acceptors (Lipinski definition) is 4. The molecule has 0 heterocycles. The standard InChI is InChI=1S/C9H15NO4/c1-2-14-9(13)6-3-5(6)4-7(10)8(11)12/h5-7H,2-4,10H2,1H3,(H,11,12). The lowest BCUT2D eigenvalue weighted by atomic mass is 10.1. The molecule has 0 saturated heterocycles. The molecule has 5 heteroatoms. The second-order valence-corrected chi connectivity index (χ2v) is 3.53.